The molecule has 2 amide bonds. The lowest BCUT2D eigenvalue weighted by molar-refractivity contribution is -0.134. The molecule has 0 aliphatic heterocycles. The highest BCUT2D eigenvalue weighted by Gasteiger charge is 2.46. The Morgan fingerprint density at radius 1 is 1.00 bits per heavy atom. The topological polar surface area (TPSA) is 154 Å². The predicted octanol–water partition coefficient (Wildman–Crippen LogP) is 2.26. The van der Waals surface area contributed by atoms with Crippen LogP contribution in [0.1, 0.15) is 49.9 Å². The van der Waals surface area contributed by atoms with Gasteiger partial charge in [0.15, 0.2) is 0 Å². The summed E-state index contributed by atoms with van der Waals surface area (Å²) in [6.45, 7) is 7.35. The number of hydrogen-bond acceptors (Lipinski definition) is 5. The fourth-order valence-corrected chi connectivity index (χ4v) is 6.30. The number of nitrogens with one attached hydrogen (secondary N) is 4. The molecule has 208 valence electrons. The minimum atomic E-state index is -3.69. The first kappa shape index (κ1) is 31.3. The zero-order chi connectivity index (χ0) is 27.4. The summed E-state index contributed by atoms with van der Waals surface area (Å²) < 4.78 is 27.8. The van der Waals surface area contributed by atoms with Crippen LogP contribution in [0.3, 0.4) is 0 Å². The number of sulfonamides is 1. The third-order valence-corrected chi connectivity index (χ3v) is 8.14. The molecule has 11 heteroatoms. The first-order chi connectivity index (χ1) is 17.3. The van der Waals surface area contributed by atoms with Crippen molar-refractivity contribution in [1.82, 2.24) is 15.4 Å². The van der Waals surface area contributed by atoms with E-state index in [-0.39, 0.29) is 48.3 Å². The van der Waals surface area contributed by atoms with Gasteiger partial charge in [-0.1, -0.05) is 76.2 Å². The molecule has 0 aromatic heterocycles. The van der Waals surface area contributed by atoms with Crippen molar-refractivity contribution in [3.63, 3.8) is 0 Å². The van der Waals surface area contributed by atoms with Crippen LogP contribution in [0.4, 0.5) is 0 Å². The SMILES string of the molecule is CC(C)CS(=O)(=O)N[C@@H](C(=O)NC1(C(=O)NCc2ccc(C(=N)N)cc2)Cc2ccccc2C1)C(C)C.Cl. The molecular formula is C27H38ClN5O4S. The van der Waals surface area contributed by atoms with Crippen LogP contribution < -0.4 is 21.1 Å². The summed E-state index contributed by atoms with van der Waals surface area (Å²) in [4.78, 5) is 27.1. The van der Waals surface area contributed by atoms with E-state index in [1.165, 1.54) is 0 Å². The van der Waals surface area contributed by atoms with E-state index in [9.17, 15) is 18.0 Å². The van der Waals surface area contributed by atoms with Crippen molar-refractivity contribution in [2.75, 3.05) is 5.75 Å². The van der Waals surface area contributed by atoms with Crippen molar-refractivity contribution in [2.45, 2.75) is 58.7 Å². The highest BCUT2D eigenvalue weighted by Crippen LogP contribution is 2.31. The molecule has 0 fully saturated rings. The number of amides is 2. The Morgan fingerprint density at radius 2 is 1.55 bits per heavy atom. The van der Waals surface area contributed by atoms with Gasteiger partial charge >= 0.3 is 0 Å². The van der Waals surface area contributed by atoms with Gasteiger partial charge in [-0.15, -0.1) is 12.4 Å². The third kappa shape index (κ3) is 7.78. The van der Waals surface area contributed by atoms with Crippen molar-refractivity contribution < 1.29 is 18.0 Å². The van der Waals surface area contributed by atoms with Crippen molar-refractivity contribution >= 4 is 40.1 Å². The minimum Gasteiger partial charge on any atom is -0.384 e. The first-order valence-electron chi connectivity index (χ1n) is 12.4. The maximum atomic E-state index is 13.6. The summed E-state index contributed by atoms with van der Waals surface area (Å²) in [6, 6.07) is 13.6. The van der Waals surface area contributed by atoms with Crippen molar-refractivity contribution in [3.05, 3.63) is 70.8 Å². The average molecular weight is 564 g/mol. The van der Waals surface area contributed by atoms with Crippen molar-refractivity contribution in [2.24, 2.45) is 17.6 Å². The summed E-state index contributed by atoms with van der Waals surface area (Å²) in [7, 11) is -3.69. The highest BCUT2D eigenvalue weighted by atomic mass is 35.5. The molecule has 2 aromatic carbocycles. The molecule has 0 radical (unpaired) electrons. The number of hydrogen-bond donors (Lipinski definition) is 5. The van der Waals surface area contributed by atoms with E-state index in [1.807, 2.05) is 24.3 Å². The molecule has 38 heavy (non-hydrogen) atoms. The summed E-state index contributed by atoms with van der Waals surface area (Å²) in [5, 5.41) is 13.4. The Labute approximate surface area is 231 Å². The second kappa shape index (κ2) is 12.7. The van der Waals surface area contributed by atoms with Gasteiger partial charge in [-0.05, 0) is 28.5 Å². The molecule has 3 rings (SSSR count). The van der Waals surface area contributed by atoms with E-state index in [0.29, 0.717) is 18.4 Å². The van der Waals surface area contributed by atoms with Crippen molar-refractivity contribution in [1.29, 1.82) is 5.41 Å². The Balaban J connectivity index is 0.00000507. The summed E-state index contributed by atoms with van der Waals surface area (Å²) in [6.07, 6.45) is 0.598. The zero-order valence-electron chi connectivity index (χ0n) is 22.2. The van der Waals surface area contributed by atoms with E-state index >= 15 is 0 Å². The molecule has 0 heterocycles. The highest BCUT2D eigenvalue weighted by molar-refractivity contribution is 7.89. The van der Waals surface area contributed by atoms with Gasteiger partial charge in [0.05, 0.1) is 5.75 Å². The van der Waals surface area contributed by atoms with Gasteiger partial charge < -0.3 is 16.4 Å². The number of benzene rings is 2. The van der Waals surface area contributed by atoms with Crippen LogP contribution in [0.15, 0.2) is 48.5 Å². The van der Waals surface area contributed by atoms with E-state index < -0.39 is 27.5 Å². The number of nitrogen functional groups attached to an aromatic ring is 1. The Bertz CT molecular complexity index is 1240. The lowest BCUT2D eigenvalue weighted by Gasteiger charge is -2.32. The van der Waals surface area contributed by atoms with Gasteiger partial charge in [-0.2, -0.15) is 0 Å². The molecule has 0 bridgehead atoms. The molecule has 2 aromatic rings. The van der Waals surface area contributed by atoms with Gasteiger partial charge in [0.25, 0.3) is 0 Å². The quantitative estimate of drug-likeness (QED) is 0.209. The van der Waals surface area contributed by atoms with Crippen LogP contribution in [0, 0.1) is 17.2 Å². The molecule has 9 nitrogen and oxygen atoms in total. The molecular weight excluding hydrogens is 526 g/mol. The molecule has 1 aliphatic carbocycles. The van der Waals surface area contributed by atoms with E-state index in [4.69, 9.17) is 11.1 Å². The predicted molar refractivity (Wildman–Crippen MR) is 152 cm³/mol. The number of carbonyl (C=O) groups is 2. The van der Waals surface area contributed by atoms with Gasteiger partial charge in [-0.3, -0.25) is 15.0 Å². The molecule has 1 atom stereocenters. The maximum absolute atomic E-state index is 13.6. The zero-order valence-corrected chi connectivity index (χ0v) is 23.8. The van der Waals surface area contributed by atoms with Gasteiger partial charge in [-0.25, -0.2) is 13.1 Å². The fraction of sp³-hybridized carbons (Fsp3) is 0.444. The lowest BCUT2D eigenvalue weighted by Crippen LogP contribution is -2.63. The standard InChI is InChI=1S/C27H37N5O4S.ClH/c1-17(2)16-37(35,36)32-23(18(3)4)25(33)31-27(13-21-7-5-6-8-22(21)14-27)26(34)30-15-19-9-11-20(12-10-19)24(28)29;/h5-12,17-18,23,32H,13-16H2,1-4H3,(H3,28,29)(H,30,34)(H,31,33);1H/t23-;/m1./s1. The van der Waals surface area contributed by atoms with Gasteiger partial charge in [0.1, 0.15) is 17.4 Å². The number of halogens is 1. The van der Waals surface area contributed by atoms with Gasteiger partial charge in [0.2, 0.25) is 21.8 Å². The van der Waals surface area contributed by atoms with E-state index in [0.717, 1.165) is 16.7 Å². The smallest absolute Gasteiger partial charge is 0.246 e. The van der Waals surface area contributed by atoms with Crippen LogP contribution >= 0.6 is 12.4 Å². The average Bonchev–Trinajstić information content (AvgIpc) is 3.19. The molecule has 1 aliphatic rings. The van der Waals surface area contributed by atoms with Crippen LogP contribution in [-0.2, 0) is 39.0 Å². The molecule has 0 saturated carbocycles. The van der Waals surface area contributed by atoms with Crippen molar-refractivity contribution in [3.8, 4) is 0 Å². The number of amidine groups is 1. The summed E-state index contributed by atoms with van der Waals surface area (Å²) in [5.74, 6) is -1.44. The Hall–Kier alpha value is -2.95. The van der Waals surface area contributed by atoms with Gasteiger partial charge in [0, 0.05) is 24.9 Å². The van der Waals surface area contributed by atoms with Crippen LogP contribution in [0.2, 0.25) is 0 Å². The molecule has 0 spiro atoms. The number of carbonyl (C=O) groups excluding carboxylic acids is 2. The molecule has 0 unspecified atom stereocenters. The largest absolute Gasteiger partial charge is 0.384 e. The lowest BCUT2D eigenvalue weighted by atomic mass is 9.92. The van der Waals surface area contributed by atoms with Crippen LogP contribution in [0.5, 0.6) is 0 Å². The normalized spacial score (nSPS) is 14.9. The third-order valence-electron chi connectivity index (χ3n) is 6.43. The minimum absolute atomic E-state index is 0. The van der Waals surface area contributed by atoms with E-state index in [2.05, 4.69) is 15.4 Å². The Kier molecular flexibility index (Phi) is 10.5. The monoisotopic (exact) mass is 563 g/mol. The second-order valence-electron chi connectivity index (χ2n) is 10.5. The second-order valence-corrected chi connectivity index (χ2v) is 12.3. The van der Waals surface area contributed by atoms with Crippen LogP contribution in [0.25, 0.3) is 0 Å². The number of rotatable bonds is 11. The first-order valence-corrected chi connectivity index (χ1v) is 14.1. The maximum Gasteiger partial charge on any atom is 0.246 e. The molecule has 0 saturated heterocycles. The fourth-order valence-electron chi connectivity index (χ4n) is 4.56. The summed E-state index contributed by atoms with van der Waals surface area (Å²) >= 11 is 0. The Morgan fingerprint density at radius 3 is 2.03 bits per heavy atom. The van der Waals surface area contributed by atoms with E-state index in [1.54, 1.807) is 52.0 Å². The molecule has 6 N–H and O–H groups in total. The summed E-state index contributed by atoms with van der Waals surface area (Å²) in [5.41, 5.74) is 7.59. The van der Waals surface area contributed by atoms with Crippen LogP contribution in [-0.4, -0.2) is 43.4 Å². The number of fused-ring (bicyclic) bond motifs is 1. The number of nitrogens with two attached hydrogens (primary N) is 1.